The molecule has 0 atom stereocenters. The molecule has 1 amide bonds. The Hall–Kier alpha value is -1.62. The maximum atomic E-state index is 12.2. The predicted octanol–water partition coefficient (Wildman–Crippen LogP) is 3.20. The van der Waals surface area contributed by atoms with Crippen molar-refractivity contribution in [1.82, 2.24) is 14.9 Å². The van der Waals surface area contributed by atoms with Gasteiger partial charge in [-0.25, -0.2) is 4.98 Å². The molecular weight excluding hydrogens is 258 g/mol. The maximum Gasteiger partial charge on any atom is 0.263 e. The molecule has 0 radical (unpaired) electrons. The van der Waals surface area contributed by atoms with Gasteiger partial charge in [-0.05, 0) is 31.9 Å². The van der Waals surface area contributed by atoms with Crippen molar-refractivity contribution in [3.8, 4) is 5.13 Å². The SMILES string of the molecule is CC(C)NC(=O)c1sc(-n2cccc2)nc1C(C)C. The van der Waals surface area contributed by atoms with E-state index in [9.17, 15) is 4.79 Å². The summed E-state index contributed by atoms with van der Waals surface area (Å²) in [4.78, 5) is 17.5. The molecule has 2 aromatic rings. The number of aromatic nitrogens is 2. The second-order valence-electron chi connectivity index (χ2n) is 5.08. The number of carbonyl (C=O) groups excluding carboxylic acids is 1. The number of hydrogen-bond donors (Lipinski definition) is 1. The molecular formula is C14H19N3OS. The summed E-state index contributed by atoms with van der Waals surface area (Å²) < 4.78 is 1.93. The van der Waals surface area contributed by atoms with E-state index in [-0.39, 0.29) is 17.9 Å². The van der Waals surface area contributed by atoms with Crippen LogP contribution in [0, 0.1) is 0 Å². The number of hydrogen-bond acceptors (Lipinski definition) is 3. The number of amides is 1. The van der Waals surface area contributed by atoms with E-state index in [1.54, 1.807) is 0 Å². The van der Waals surface area contributed by atoms with Gasteiger partial charge < -0.3 is 9.88 Å². The predicted molar refractivity (Wildman–Crippen MR) is 78.1 cm³/mol. The molecule has 0 saturated heterocycles. The molecule has 0 spiro atoms. The minimum atomic E-state index is -0.0328. The molecule has 2 heterocycles. The monoisotopic (exact) mass is 277 g/mol. The smallest absolute Gasteiger partial charge is 0.263 e. The highest BCUT2D eigenvalue weighted by Crippen LogP contribution is 2.27. The summed E-state index contributed by atoms with van der Waals surface area (Å²) in [6, 6.07) is 4.03. The highest BCUT2D eigenvalue weighted by molar-refractivity contribution is 7.16. The van der Waals surface area contributed by atoms with Crippen molar-refractivity contribution in [2.24, 2.45) is 0 Å². The van der Waals surface area contributed by atoms with Gasteiger partial charge in [-0.2, -0.15) is 0 Å². The van der Waals surface area contributed by atoms with Gasteiger partial charge >= 0.3 is 0 Å². The molecule has 102 valence electrons. The van der Waals surface area contributed by atoms with Crippen LogP contribution in [0.5, 0.6) is 0 Å². The van der Waals surface area contributed by atoms with Crippen LogP contribution >= 0.6 is 11.3 Å². The average molecular weight is 277 g/mol. The van der Waals surface area contributed by atoms with E-state index >= 15 is 0 Å². The molecule has 0 aliphatic heterocycles. The molecule has 0 unspecified atom stereocenters. The van der Waals surface area contributed by atoms with Crippen LogP contribution in [0.15, 0.2) is 24.5 Å². The molecule has 0 bridgehead atoms. The Bertz CT molecular complexity index is 555. The van der Waals surface area contributed by atoms with Crippen LogP contribution in [0.4, 0.5) is 0 Å². The fourth-order valence-electron chi connectivity index (χ4n) is 1.77. The van der Waals surface area contributed by atoms with Gasteiger partial charge in [0.2, 0.25) is 0 Å². The summed E-state index contributed by atoms with van der Waals surface area (Å²) in [5, 5.41) is 3.77. The van der Waals surface area contributed by atoms with Crippen LogP contribution < -0.4 is 5.32 Å². The van der Waals surface area contributed by atoms with E-state index in [1.807, 2.05) is 42.9 Å². The Morgan fingerprint density at radius 1 is 1.26 bits per heavy atom. The van der Waals surface area contributed by atoms with Crippen molar-refractivity contribution in [1.29, 1.82) is 0 Å². The lowest BCUT2D eigenvalue weighted by atomic mass is 10.1. The van der Waals surface area contributed by atoms with Crippen molar-refractivity contribution in [2.75, 3.05) is 0 Å². The molecule has 2 aromatic heterocycles. The first-order valence-corrected chi connectivity index (χ1v) is 7.25. The van der Waals surface area contributed by atoms with Gasteiger partial charge in [0.15, 0.2) is 5.13 Å². The maximum absolute atomic E-state index is 12.2. The molecule has 4 nitrogen and oxygen atoms in total. The van der Waals surface area contributed by atoms with E-state index in [0.717, 1.165) is 10.8 Å². The van der Waals surface area contributed by atoms with Crippen molar-refractivity contribution in [3.05, 3.63) is 35.1 Å². The minimum absolute atomic E-state index is 0.0328. The topological polar surface area (TPSA) is 46.9 Å². The lowest BCUT2D eigenvalue weighted by Gasteiger charge is -2.08. The van der Waals surface area contributed by atoms with Gasteiger partial charge in [-0.3, -0.25) is 4.79 Å². The second-order valence-corrected chi connectivity index (χ2v) is 6.06. The van der Waals surface area contributed by atoms with Gasteiger partial charge in [-0.15, -0.1) is 0 Å². The zero-order valence-electron chi connectivity index (χ0n) is 11.7. The van der Waals surface area contributed by atoms with E-state index in [2.05, 4.69) is 24.1 Å². The lowest BCUT2D eigenvalue weighted by Crippen LogP contribution is -2.30. The lowest BCUT2D eigenvalue weighted by molar-refractivity contribution is 0.0945. The first-order chi connectivity index (χ1) is 8.99. The van der Waals surface area contributed by atoms with Crippen LogP contribution in [0.3, 0.4) is 0 Å². The number of carbonyl (C=O) groups is 1. The highest BCUT2D eigenvalue weighted by atomic mass is 32.1. The summed E-state index contributed by atoms with van der Waals surface area (Å²) in [6.07, 6.45) is 3.88. The summed E-state index contributed by atoms with van der Waals surface area (Å²) in [7, 11) is 0. The fourth-order valence-corrected chi connectivity index (χ4v) is 2.87. The van der Waals surface area contributed by atoms with E-state index in [0.29, 0.717) is 4.88 Å². The molecule has 2 rings (SSSR count). The summed E-state index contributed by atoms with van der Waals surface area (Å²) >= 11 is 1.44. The Labute approximate surface area is 117 Å². The number of thiazole rings is 1. The van der Waals surface area contributed by atoms with Crippen LogP contribution in [0.2, 0.25) is 0 Å². The summed E-state index contributed by atoms with van der Waals surface area (Å²) in [5.41, 5.74) is 0.867. The molecule has 1 N–H and O–H groups in total. The molecule has 0 aliphatic rings. The van der Waals surface area contributed by atoms with Crippen LogP contribution in [-0.4, -0.2) is 21.5 Å². The summed E-state index contributed by atoms with van der Waals surface area (Å²) in [6.45, 7) is 8.03. The van der Waals surface area contributed by atoms with Crippen molar-refractivity contribution < 1.29 is 4.79 Å². The minimum Gasteiger partial charge on any atom is -0.349 e. The van der Waals surface area contributed by atoms with Gasteiger partial charge in [-0.1, -0.05) is 25.2 Å². The average Bonchev–Trinajstić information content (AvgIpc) is 2.97. The number of nitrogens with zero attached hydrogens (tertiary/aromatic N) is 2. The Kier molecular flexibility index (Phi) is 4.04. The van der Waals surface area contributed by atoms with E-state index < -0.39 is 0 Å². The van der Waals surface area contributed by atoms with Gasteiger partial charge in [0.25, 0.3) is 5.91 Å². The molecule has 0 aromatic carbocycles. The first kappa shape index (κ1) is 13.8. The molecule has 5 heteroatoms. The van der Waals surface area contributed by atoms with Crippen LogP contribution in [-0.2, 0) is 0 Å². The van der Waals surface area contributed by atoms with Crippen LogP contribution in [0.1, 0.15) is 49.0 Å². The van der Waals surface area contributed by atoms with Gasteiger partial charge in [0, 0.05) is 18.4 Å². The Morgan fingerprint density at radius 3 is 2.42 bits per heavy atom. The van der Waals surface area contributed by atoms with Crippen LogP contribution in [0.25, 0.3) is 5.13 Å². The second kappa shape index (κ2) is 5.57. The van der Waals surface area contributed by atoms with E-state index in [4.69, 9.17) is 0 Å². The molecule has 0 fully saturated rings. The summed E-state index contributed by atoms with van der Waals surface area (Å²) in [5.74, 6) is 0.197. The first-order valence-electron chi connectivity index (χ1n) is 6.44. The number of rotatable bonds is 4. The third-order valence-electron chi connectivity index (χ3n) is 2.64. The largest absolute Gasteiger partial charge is 0.349 e. The van der Waals surface area contributed by atoms with Crippen molar-refractivity contribution >= 4 is 17.2 Å². The third-order valence-corrected chi connectivity index (χ3v) is 3.72. The Balaban J connectivity index is 2.39. The number of nitrogens with one attached hydrogen (secondary N) is 1. The highest BCUT2D eigenvalue weighted by Gasteiger charge is 2.21. The standard InChI is InChI=1S/C14H19N3OS/c1-9(2)11-12(13(18)15-10(3)4)19-14(16-11)17-7-5-6-8-17/h5-10H,1-4H3,(H,15,18). The quantitative estimate of drug-likeness (QED) is 0.933. The Morgan fingerprint density at radius 2 is 1.89 bits per heavy atom. The third kappa shape index (κ3) is 3.04. The van der Waals surface area contributed by atoms with Crippen molar-refractivity contribution in [2.45, 2.75) is 39.7 Å². The van der Waals surface area contributed by atoms with Gasteiger partial charge in [0.1, 0.15) is 4.88 Å². The molecule has 0 saturated carbocycles. The van der Waals surface area contributed by atoms with E-state index in [1.165, 1.54) is 11.3 Å². The molecule has 0 aliphatic carbocycles. The normalized spacial score (nSPS) is 11.3. The fraction of sp³-hybridized carbons (Fsp3) is 0.429. The van der Waals surface area contributed by atoms with Gasteiger partial charge in [0.05, 0.1) is 5.69 Å². The molecule has 19 heavy (non-hydrogen) atoms. The van der Waals surface area contributed by atoms with Crippen molar-refractivity contribution in [3.63, 3.8) is 0 Å². The zero-order chi connectivity index (χ0) is 14.0. The zero-order valence-corrected chi connectivity index (χ0v) is 12.5.